The summed E-state index contributed by atoms with van der Waals surface area (Å²) in [6.07, 6.45) is -3.71. The van der Waals surface area contributed by atoms with Crippen molar-refractivity contribution >= 4 is 29.2 Å². The molecule has 3 amide bonds. The fraction of sp³-hybridized carbons (Fsp3) is 0.357. The number of aliphatic hydroxyl groups excluding tert-OH is 2. The quantitative estimate of drug-likeness (QED) is 0.370. The number of aromatic nitrogens is 1. The molecule has 11 heteroatoms. The molecule has 10 nitrogen and oxygen atoms in total. The van der Waals surface area contributed by atoms with Crippen LogP contribution >= 0.6 is 11.3 Å². The second-order valence-electron chi connectivity index (χ2n) is 9.37. The maximum atomic E-state index is 12.9. The van der Waals surface area contributed by atoms with E-state index < -0.39 is 36.2 Å². The van der Waals surface area contributed by atoms with Crippen LogP contribution in [0.25, 0.3) is 0 Å². The van der Waals surface area contributed by atoms with Crippen molar-refractivity contribution < 1.29 is 29.3 Å². The average molecular weight is 553 g/mol. The zero-order valence-electron chi connectivity index (χ0n) is 21.6. The van der Waals surface area contributed by atoms with Crippen LogP contribution in [0.4, 0.5) is 4.79 Å². The van der Waals surface area contributed by atoms with Crippen molar-refractivity contribution in [3.8, 4) is 0 Å². The SMILES string of the molecule is C[C@H]1CN(C(=O)OCc2ccccc2)CCN1C(=O)[C@H](O)[C@@H](O)C(=O)NCc1nc(Cc2ccccc2)cs1. The number of benzene rings is 2. The van der Waals surface area contributed by atoms with Gasteiger partial charge in [-0.25, -0.2) is 9.78 Å². The number of thiazole rings is 1. The summed E-state index contributed by atoms with van der Waals surface area (Å²) in [4.78, 5) is 45.2. The van der Waals surface area contributed by atoms with E-state index in [1.54, 1.807) is 6.92 Å². The van der Waals surface area contributed by atoms with Gasteiger partial charge >= 0.3 is 6.09 Å². The molecule has 0 radical (unpaired) electrons. The number of carbonyl (C=O) groups is 3. The molecule has 3 aromatic rings. The molecule has 0 spiro atoms. The Labute approximate surface area is 230 Å². The van der Waals surface area contributed by atoms with Gasteiger partial charge in [0.25, 0.3) is 11.8 Å². The first kappa shape index (κ1) is 28.2. The standard InChI is InChI=1S/C28H32N4O6S/c1-19-16-31(28(37)38-17-21-10-6-3-7-11-21)12-13-32(19)27(36)25(34)24(33)26(35)29-15-23-30-22(18-39-23)14-20-8-4-2-5-9-20/h2-11,18-19,24-25,33-34H,12-17H2,1H3,(H,29,35)/t19-,24+,25+/m0/s1. The van der Waals surface area contributed by atoms with E-state index in [0.717, 1.165) is 16.8 Å². The highest BCUT2D eigenvalue weighted by atomic mass is 32.1. The Hall–Kier alpha value is -3.80. The second-order valence-corrected chi connectivity index (χ2v) is 10.3. The zero-order valence-corrected chi connectivity index (χ0v) is 22.4. The number of carbonyl (C=O) groups excluding carboxylic acids is 3. The van der Waals surface area contributed by atoms with Gasteiger partial charge in [0.1, 0.15) is 11.6 Å². The number of nitrogens with zero attached hydrogens (tertiary/aromatic N) is 3. The monoisotopic (exact) mass is 552 g/mol. The molecule has 4 rings (SSSR count). The van der Waals surface area contributed by atoms with Crippen molar-refractivity contribution in [2.24, 2.45) is 0 Å². The molecule has 1 aliphatic heterocycles. The molecule has 2 aromatic carbocycles. The molecule has 1 aromatic heterocycles. The van der Waals surface area contributed by atoms with Crippen LogP contribution in [0.2, 0.25) is 0 Å². The van der Waals surface area contributed by atoms with Gasteiger partial charge in [0.2, 0.25) is 0 Å². The lowest BCUT2D eigenvalue weighted by Gasteiger charge is -2.40. The Balaban J connectivity index is 1.22. The molecule has 1 aliphatic rings. The highest BCUT2D eigenvalue weighted by Gasteiger charge is 2.38. The molecule has 0 aliphatic carbocycles. The minimum Gasteiger partial charge on any atom is -0.445 e. The van der Waals surface area contributed by atoms with Gasteiger partial charge in [-0.1, -0.05) is 60.7 Å². The van der Waals surface area contributed by atoms with Crippen LogP contribution in [0, 0.1) is 0 Å². The minimum atomic E-state index is -1.94. The van der Waals surface area contributed by atoms with E-state index in [2.05, 4.69) is 10.3 Å². The fourth-order valence-electron chi connectivity index (χ4n) is 4.29. The predicted octanol–water partition coefficient (Wildman–Crippen LogP) is 1.94. The first-order valence-electron chi connectivity index (χ1n) is 12.7. The Morgan fingerprint density at radius 2 is 1.69 bits per heavy atom. The number of rotatable bonds is 9. The van der Waals surface area contributed by atoms with Crippen LogP contribution in [0.5, 0.6) is 0 Å². The Kier molecular flexibility index (Phi) is 9.64. The number of aliphatic hydroxyl groups is 2. The van der Waals surface area contributed by atoms with E-state index in [0.29, 0.717) is 11.4 Å². The van der Waals surface area contributed by atoms with Crippen molar-refractivity contribution in [3.63, 3.8) is 0 Å². The summed E-state index contributed by atoms with van der Waals surface area (Å²) in [5.41, 5.74) is 2.85. The summed E-state index contributed by atoms with van der Waals surface area (Å²) in [5.74, 6) is -1.65. The third-order valence-corrected chi connectivity index (χ3v) is 7.33. The third-order valence-electron chi connectivity index (χ3n) is 6.44. The van der Waals surface area contributed by atoms with Gasteiger partial charge in [-0.3, -0.25) is 9.59 Å². The molecular weight excluding hydrogens is 520 g/mol. The predicted molar refractivity (Wildman–Crippen MR) is 145 cm³/mol. The number of nitrogens with one attached hydrogen (secondary N) is 1. The van der Waals surface area contributed by atoms with Crippen LogP contribution in [0.1, 0.15) is 28.8 Å². The van der Waals surface area contributed by atoms with Crippen LogP contribution < -0.4 is 5.32 Å². The number of amides is 3. The van der Waals surface area contributed by atoms with E-state index in [1.807, 2.05) is 66.0 Å². The van der Waals surface area contributed by atoms with Crippen molar-refractivity contribution in [1.82, 2.24) is 20.1 Å². The lowest BCUT2D eigenvalue weighted by atomic mass is 10.1. The van der Waals surface area contributed by atoms with Crippen LogP contribution in [-0.2, 0) is 33.9 Å². The Bertz CT molecular complexity index is 1260. The number of hydrogen-bond donors (Lipinski definition) is 3. The maximum Gasteiger partial charge on any atom is 0.410 e. The summed E-state index contributed by atoms with van der Waals surface area (Å²) >= 11 is 1.38. The summed E-state index contributed by atoms with van der Waals surface area (Å²) in [6.45, 7) is 2.47. The van der Waals surface area contributed by atoms with E-state index in [1.165, 1.54) is 21.1 Å². The number of ether oxygens (including phenoxy) is 1. The van der Waals surface area contributed by atoms with Gasteiger partial charge in [0.05, 0.1) is 12.2 Å². The highest BCUT2D eigenvalue weighted by molar-refractivity contribution is 7.09. The van der Waals surface area contributed by atoms with Gasteiger partial charge in [-0.15, -0.1) is 11.3 Å². The lowest BCUT2D eigenvalue weighted by Crippen LogP contribution is -2.59. The van der Waals surface area contributed by atoms with E-state index in [4.69, 9.17) is 4.74 Å². The Morgan fingerprint density at radius 3 is 2.36 bits per heavy atom. The summed E-state index contributed by atoms with van der Waals surface area (Å²) in [5, 5.41) is 25.9. The van der Waals surface area contributed by atoms with E-state index in [9.17, 15) is 24.6 Å². The number of piperazine rings is 1. The van der Waals surface area contributed by atoms with Gasteiger partial charge in [-0.05, 0) is 18.1 Å². The van der Waals surface area contributed by atoms with Gasteiger partial charge in [-0.2, -0.15) is 0 Å². The molecule has 0 unspecified atom stereocenters. The first-order valence-corrected chi connectivity index (χ1v) is 13.6. The minimum absolute atomic E-state index is 0.0659. The van der Waals surface area contributed by atoms with Crippen molar-refractivity contribution in [3.05, 3.63) is 87.9 Å². The first-order chi connectivity index (χ1) is 18.8. The maximum absolute atomic E-state index is 12.9. The van der Waals surface area contributed by atoms with E-state index >= 15 is 0 Å². The zero-order chi connectivity index (χ0) is 27.8. The lowest BCUT2D eigenvalue weighted by molar-refractivity contribution is -0.156. The third kappa shape index (κ3) is 7.62. The van der Waals surface area contributed by atoms with E-state index in [-0.39, 0.29) is 32.8 Å². The van der Waals surface area contributed by atoms with Crippen LogP contribution in [0.15, 0.2) is 66.0 Å². The molecule has 0 saturated carbocycles. The molecule has 3 atom stereocenters. The molecule has 1 fully saturated rings. The molecular formula is C28H32N4O6S. The molecule has 3 N–H and O–H groups in total. The molecule has 1 saturated heterocycles. The number of hydrogen-bond acceptors (Lipinski definition) is 8. The topological polar surface area (TPSA) is 132 Å². The average Bonchev–Trinajstić information content (AvgIpc) is 3.41. The highest BCUT2D eigenvalue weighted by Crippen LogP contribution is 2.16. The molecule has 39 heavy (non-hydrogen) atoms. The molecule has 2 heterocycles. The van der Waals surface area contributed by atoms with Crippen molar-refractivity contribution in [2.45, 2.75) is 44.7 Å². The summed E-state index contributed by atoms with van der Waals surface area (Å²) in [7, 11) is 0. The second kappa shape index (κ2) is 13.3. The molecule has 0 bridgehead atoms. The van der Waals surface area contributed by atoms with Crippen LogP contribution in [0.3, 0.4) is 0 Å². The van der Waals surface area contributed by atoms with Crippen molar-refractivity contribution in [1.29, 1.82) is 0 Å². The van der Waals surface area contributed by atoms with Gasteiger partial charge < -0.3 is 30.1 Å². The molecule has 206 valence electrons. The van der Waals surface area contributed by atoms with Crippen LogP contribution in [-0.4, -0.2) is 80.8 Å². The summed E-state index contributed by atoms with van der Waals surface area (Å²) in [6, 6.07) is 18.7. The fourth-order valence-corrected chi connectivity index (χ4v) is 5.03. The smallest absolute Gasteiger partial charge is 0.410 e. The summed E-state index contributed by atoms with van der Waals surface area (Å²) < 4.78 is 5.36. The largest absolute Gasteiger partial charge is 0.445 e. The van der Waals surface area contributed by atoms with Gasteiger partial charge in [0, 0.05) is 37.5 Å². The Morgan fingerprint density at radius 1 is 1.03 bits per heavy atom. The van der Waals surface area contributed by atoms with Gasteiger partial charge in [0.15, 0.2) is 12.2 Å². The van der Waals surface area contributed by atoms with Crippen molar-refractivity contribution in [2.75, 3.05) is 19.6 Å². The normalized spacial score (nSPS) is 16.8.